The summed E-state index contributed by atoms with van der Waals surface area (Å²) in [6, 6.07) is 10.9. The van der Waals surface area contributed by atoms with Crippen molar-refractivity contribution < 1.29 is 18.0 Å². The first kappa shape index (κ1) is 19.5. The fourth-order valence-electron chi connectivity index (χ4n) is 2.56. The Bertz CT molecular complexity index is 1000. The summed E-state index contributed by atoms with van der Waals surface area (Å²) < 4.78 is 37.0. The monoisotopic (exact) mass is 389 g/mol. The molecule has 0 atom stereocenters. The van der Waals surface area contributed by atoms with E-state index in [-0.39, 0.29) is 0 Å². The molecule has 0 saturated heterocycles. The summed E-state index contributed by atoms with van der Waals surface area (Å²) in [5, 5.41) is 5.66. The third-order valence-corrected chi connectivity index (χ3v) is 3.97. The lowest BCUT2D eigenvalue weighted by molar-refractivity contribution is -0.140. The number of rotatable bonds is 5. The van der Waals surface area contributed by atoms with Gasteiger partial charge in [-0.3, -0.25) is 9.78 Å². The zero-order valence-electron chi connectivity index (χ0n) is 15.2. The molecule has 0 aliphatic heterocycles. The van der Waals surface area contributed by atoms with Crippen LogP contribution in [0.4, 0.5) is 19.0 Å². The summed E-state index contributed by atoms with van der Waals surface area (Å²) in [5.74, 6) is -0.0486. The van der Waals surface area contributed by atoms with Crippen LogP contribution in [0.5, 0.6) is 0 Å². The SMILES string of the molecule is CC(C)(Nc1ccnc(-c2ccc3ncccc3c2)n1)C(=O)NCC(F)(F)F. The van der Waals surface area contributed by atoms with Gasteiger partial charge in [0, 0.05) is 23.3 Å². The molecule has 2 aromatic heterocycles. The summed E-state index contributed by atoms with van der Waals surface area (Å²) in [6.45, 7) is 1.56. The average molecular weight is 389 g/mol. The highest BCUT2D eigenvalue weighted by Crippen LogP contribution is 2.22. The fraction of sp³-hybridized carbons (Fsp3) is 0.263. The zero-order chi connectivity index (χ0) is 20.4. The van der Waals surface area contributed by atoms with Crippen molar-refractivity contribution in [2.24, 2.45) is 0 Å². The maximum absolute atomic E-state index is 12.3. The lowest BCUT2D eigenvalue weighted by atomic mass is 10.0. The fourth-order valence-corrected chi connectivity index (χ4v) is 2.56. The molecular weight excluding hydrogens is 371 g/mol. The van der Waals surface area contributed by atoms with Crippen molar-refractivity contribution in [1.29, 1.82) is 0 Å². The topological polar surface area (TPSA) is 79.8 Å². The van der Waals surface area contributed by atoms with Gasteiger partial charge in [0.15, 0.2) is 5.82 Å². The van der Waals surface area contributed by atoms with Crippen LogP contribution in [-0.4, -0.2) is 39.1 Å². The molecule has 0 saturated carbocycles. The molecule has 0 unspecified atom stereocenters. The first-order valence-electron chi connectivity index (χ1n) is 8.45. The number of hydrogen-bond donors (Lipinski definition) is 2. The Hall–Kier alpha value is -3.23. The number of halogens is 3. The molecule has 0 aliphatic rings. The summed E-state index contributed by atoms with van der Waals surface area (Å²) in [4.78, 5) is 25.0. The van der Waals surface area contributed by atoms with Crippen LogP contribution in [0.25, 0.3) is 22.3 Å². The molecule has 3 aromatic rings. The smallest absolute Gasteiger partial charge is 0.356 e. The third-order valence-electron chi connectivity index (χ3n) is 3.97. The molecule has 0 fully saturated rings. The maximum atomic E-state index is 12.3. The van der Waals surface area contributed by atoms with Crippen molar-refractivity contribution in [3.8, 4) is 11.4 Å². The number of carbonyl (C=O) groups is 1. The Morgan fingerprint density at radius 1 is 1.07 bits per heavy atom. The molecule has 0 aliphatic carbocycles. The van der Waals surface area contributed by atoms with E-state index in [2.05, 4.69) is 20.3 Å². The number of alkyl halides is 3. The molecule has 0 bridgehead atoms. The standard InChI is InChI=1S/C19H18F3N5O/c1-18(2,17(28)25-11-19(20,21)22)27-15-7-9-24-16(26-15)13-5-6-14-12(10-13)4-3-8-23-14/h3-10H,11H2,1-2H3,(H,25,28)(H,24,26,27). The molecular formula is C19H18F3N5O. The highest BCUT2D eigenvalue weighted by molar-refractivity contribution is 5.88. The number of anilines is 1. The van der Waals surface area contributed by atoms with Crippen LogP contribution in [-0.2, 0) is 4.79 Å². The number of fused-ring (bicyclic) bond motifs is 1. The second kappa shape index (κ2) is 7.41. The van der Waals surface area contributed by atoms with Gasteiger partial charge in [0.2, 0.25) is 5.91 Å². The summed E-state index contributed by atoms with van der Waals surface area (Å²) in [5.41, 5.74) is 0.288. The number of nitrogens with one attached hydrogen (secondary N) is 2. The van der Waals surface area contributed by atoms with Gasteiger partial charge < -0.3 is 10.6 Å². The van der Waals surface area contributed by atoms with Crippen LogP contribution < -0.4 is 10.6 Å². The Balaban J connectivity index is 1.79. The van der Waals surface area contributed by atoms with E-state index in [0.29, 0.717) is 11.6 Å². The molecule has 9 heteroatoms. The number of amides is 1. The number of pyridine rings is 1. The van der Waals surface area contributed by atoms with E-state index >= 15 is 0 Å². The van der Waals surface area contributed by atoms with Gasteiger partial charge in [-0.15, -0.1) is 0 Å². The molecule has 1 aromatic carbocycles. The van der Waals surface area contributed by atoms with Crippen molar-refractivity contribution in [3.05, 3.63) is 48.8 Å². The Morgan fingerprint density at radius 3 is 2.61 bits per heavy atom. The molecule has 0 radical (unpaired) electrons. The quantitative estimate of drug-likeness (QED) is 0.698. The van der Waals surface area contributed by atoms with Gasteiger partial charge >= 0.3 is 6.18 Å². The van der Waals surface area contributed by atoms with Crippen LogP contribution in [0.15, 0.2) is 48.8 Å². The number of benzene rings is 1. The van der Waals surface area contributed by atoms with Crippen LogP contribution in [0.1, 0.15) is 13.8 Å². The summed E-state index contributed by atoms with van der Waals surface area (Å²) in [6.07, 6.45) is -1.25. The van der Waals surface area contributed by atoms with Gasteiger partial charge in [0.25, 0.3) is 0 Å². The van der Waals surface area contributed by atoms with Gasteiger partial charge in [0.05, 0.1) is 5.52 Å². The summed E-state index contributed by atoms with van der Waals surface area (Å²) >= 11 is 0. The molecule has 1 amide bonds. The second-order valence-electron chi connectivity index (χ2n) is 6.72. The van der Waals surface area contributed by atoms with Crippen molar-refractivity contribution in [2.45, 2.75) is 25.6 Å². The third kappa shape index (κ3) is 4.73. The summed E-state index contributed by atoms with van der Waals surface area (Å²) in [7, 11) is 0. The Kier molecular flexibility index (Phi) is 5.17. The van der Waals surface area contributed by atoms with Crippen molar-refractivity contribution in [3.63, 3.8) is 0 Å². The minimum Gasteiger partial charge on any atom is -0.356 e. The lowest BCUT2D eigenvalue weighted by Gasteiger charge is -2.26. The normalized spacial score (nSPS) is 12.0. The minimum atomic E-state index is -4.47. The molecule has 28 heavy (non-hydrogen) atoms. The number of aromatic nitrogens is 3. The van der Waals surface area contributed by atoms with Crippen LogP contribution in [0.2, 0.25) is 0 Å². The molecule has 3 rings (SSSR count). The van der Waals surface area contributed by atoms with Crippen LogP contribution in [0.3, 0.4) is 0 Å². The van der Waals surface area contributed by atoms with Gasteiger partial charge in [-0.2, -0.15) is 13.2 Å². The first-order valence-corrected chi connectivity index (χ1v) is 8.45. The van der Waals surface area contributed by atoms with Crippen molar-refractivity contribution >= 4 is 22.6 Å². The van der Waals surface area contributed by atoms with E-state index in [9.17, 15) is 18.0 Å². The van der Waals surface area contributed by atoms with Gasteiger partial charge in [0.1, 0.15) is 17.9 Å². The highest BCUT2D eigenvalue weighted by atomic mass is 19.4. The average Bonchev–Trinajstić information content (AvgIpc) is 2.65. The highest BCUT2D eigenvalue weighted by Gasteiger charge is 2.33. The van der Waals surface area contributed by atoms with Crippen molar-refractivity contribution in [2.75, 3.05) is 11.9 Å². The molecule has 2 N–H and O–H groups in total. The van der Waals surface area contributed by atoms with E-state index in [1.165, 1.54) is 20.0 Å². The Labute approximate surface area is 159 Å². The van der Waals surface area contributed by atoms with E-state index in [4.69, 9.17) is 0 Å². The molecule has 0 spiro atoms. The van der Waals surface area contributed by atoms with Gasteiger partial charge in [-0.1, -0.05) is 6.07 Å². The lowest BCUT2D eigenvalue weighted by Crippen LogP contribution is -2.50. The second-order valence-corrected chi connectivity index (χ2v) is 6.72. The van der Waals surface area contributed by atoms with Gasteiger partial charge in [-0.05, 0) is 44.2 Å². The van der Waals surface area contributed by atoms with E-state index < -0.39 is 24.2 Å². The van der Waals surface area contributed by atoms with Crippen molar-refractivity contribution in [1.82, 2.24) is 20.3 Å². The maximum Gasteiger partial charge on any atom is 0.405 e. The number of hydrogen-bond acceptors (Lipinski definition) is 5. The number of nitrogens with zero attached hydrogens (tertiary/aromatic N) is 3. The number of carbonyl (C=O) groups excluding carboxylic acids is 1. The largest absolute Gasteiger partial charge is 0.405 e. The first-order chi connectivity index (χ1) is 13.1. The van der Waals surface area contributed by atoms with E-state index in [1.807, 2.05) is 35.6 Å². The van der Waals surface area contributed by atoms with Crippen LogP contribution >= 0.6 is 0 Å². The molecule has 2 heterocycles. The minimum absolute atomic E-state index is 0.323. The van der Waals surface area contributed by atoms with E-state index in [1.54, 1.807) is 12.3 Å². The Morgan fingerprint density at radius 2 is 1.86 bits per heavy atom. The predicted octanol–water partition coefficient (Wildman–Crippen LogP) is 3.56. The molecule has 6 nitrogen and oxygen atoms in total. The zero-order valence-corrected chi connectivity index (χ0v) is 15.2. The van der Waals surface area contributed by atoms with Crippen LogP contribution in [0, 0.1) is 0 Å². The van der Waals surface area contributed by atoms with E-state index in [0.717, 1.165) is 16.5 Å². The predicted molar refractivity (Wildman–Crippen MR) is 99.5 cm³/mol. The van der Waals surface area contributed by atoms with Gasteiger partial charge in [-0.25, -0.2) is 9.97 Å². The molecule has 146 valence electrons.